The fourth-order valence-corrected chi connectivity index (χ4v) is 7.72. The van der Waals surface area contributed by atoms with Gasteiger partial charge in [-0.25, -0.2) is 0 Å². The first-order valence-corrected chi connectivity index (χ1v) is 13.4. The Morgan fingerprint density at radius 3 is 2.51 bits per heavy atom. The Bertz CT molecular complexity index is 1290. The second-order valence-electron chi connectivity index (χ2n) is 11.4. The maximum Gasteiger partial charge on any atom is 0.235 e. The number of aliphatic hydroxyl groups is 1. The van der Waals surface area contributed by atoms with E-state index in [4.69, 9.17) is 10.5 Å². The maximum absolute atomic E-state index is 13.9. The summed E-state index contributed by atoms with van der Waals surface area (Å²) < 4.78 is 5.83. The third-order valence-corrected chi connectivity index (χ3v) is 9.37. The van der Waals surface area contributed by atoms with E-state index in [-0.39, 0.29) is 30.2 Å². The first kappa shape index (κ1) is 27.4. The van der Waals surface area contributed by atoms with Gasteiger partial charge in [-0.15, -0.1) is 0 Å². The minimum Gasteiger partial charge on any atom is -0.507 e. The van der Waals surface area contributed by atoms with Gasteiger partial charge in [0.1, 0.15) is 11.5 Å². The zero-order valence-electron chi connectivity index (χ0n) is 22.6. The number of likely N-dealkylation sites (tertiary alicyclic amines) is 1. The number of carbonyl (C=O) groups is 5. The van der Waals surface area contributed by atoms with Crippen molar-refractivity contribution < 1.29 is 38.9 Å². The normalized spacial score (nSPS) is 34.6. The van der Waals surface area contributed by atoms with Crippen molar-refractivity contribution in [3.05, 3.63) is 22.8 Å². The lowest BCUT2D eigenvalue weighted by molar-refractivity contribution is -0.181. The highest BCUT2D eigenvalue weighted by Crippen LogP contribution is 2.53. The molecule has 11 nitrogen and oxygen atoms in total. The van der Waals surface area contributed by atoms with Crippen LogP contribution in [0.1, 0.15) is 53.7 Å². The Hall–Kier alpha value is -3.15. The monoisotopic (exact) mass is 541 g/mol. The molecule has 1 aliphatic heterocycles. The number of nitrogens with zero attached hydrogens (tertiary/aromatic N) is 2. The molecule has 210 valence electrons. The highest BCUT2D eigenvalue weighted by atomic mass is 16.5. The average molecular weight is 542 g/mol. The third-order valence-electron chi connectivity index (χ3n) is 9.37. The van der Waals surface area contributed by atoms with E-state index in [2.05, 4.69) is 11.8 Å². The number of phenolic OH excluding ortho intramolecular Hbond substituents is 1. The number of Topliss-reactive ketones (excluding diaryl/α,β-unsaturated/α-hetero) is 4. The molecule has 0 spiro atoms. The Labute approximate surface area is 226 Å². The van der Waals surface area contributed by atoms with Gasteiger partial charge in [-0.05, 0) is 64.9 Å². The van der Waals surface area contributed by atoms with Crippen molar-refractivity contribution in [2.45, 2.75) is 50.3 Å². The van der Waals surface area contributed by atoms with Gasteiger partial charge >= 0.3 is 0 Å². The second-order valence-corrected chi connectivity index (χ2v) is 11.4. The summed E-state index contributed by atoms with van der Waals surface area (Å²) in [6.45, 7) is 3.77. The number of amides is 1. The molecule has 7 atom stereocenters. The molecule has 5 rings (SSSR count). The molecular formula is C28H35N3O8. The molecule has 4 aliphatic rings. The fourth-order valence-electron chi connectivity index (χ4n) is 7.72. The molecule has 4 N–H and O–H groups in total. The van der Waals surface area contributed by atoms with Crippen molar-refractivity contribution in [1.82, 2.24) is 9.80 Å². The number of carbonyl (C=O) groups excluding carboxylic acids is 5. The second kappa shape index (κ2) is 9.50. The summed E-state index contributed by atoms with van der Waals surface area (Å²) in [5.41, 5.74) is 3.84. The summed E-state index contributed by atoms with van der Waals surface area (Å²) in [4.78, 5) is 70.2. The number of rotatable bonds is 5. The largest absolute Gasteiger partial charge is 0.507 e. The van der Waals surface area contributed by atoms with Crippen LogP contribution < -0.4 is 10.5 Å². The third kappa shape index (κ3) is 3.70. The molecule has 3 aliphatic carbocycles. The van der Waals surface area contributed by atoms with E-state index in [0.29, 0.717) is 11.3 Å². The molecule has 11 heteroatoms. The number of phenols is 1. The summed E-state index contributed by atoms with van der Waals surface area (Å²) in [5, 5.41) is 22.8. The van der Waals surface area contributed by atoms with Crippen LogP contribution in [0.25, 0.3) is 0 Å². The zero-order valence-corrected chi connectivity index (χ0v) is 22.6. The molecule has 3 fully saturated rings. The van der Waals surface area contributed by atoms with Gasteiger partial charge in [-0.2, -0.15) is 0 Å². The van der Waals surface area contributed by atoms with Crippen molar-refractivity contribution in [3.63, 3.8) is 0 Å². The molecule has 1 aromatic carbocycles. The summed E-state index contributed by atoms with van der Waals surface area (Å²) >= 11 is 0. The van der Waals surface area contributed by atoms with E-state index < -0.39 is 64.4 Å². The fraction of sp³-hybridized carbons (Fsp3) is 0.607. The van der Waals surface area contributed by atoms with Gasteiger partial charge in [0.05, 0.1) is 24.6 Å². The highest BCUT2D eigenvalue weighted by Gasteiger charge is 2.69. The summed E-state index contributed by atoms with van der Waals surface area (Å²) in [5.74, 6) is -10.1. The number of fused-ring (bicyclic) bond motifs is 3. The number of likely N-dealkylation sites (N-methyl/N-ethyl adjacent to an activating group) is 1. The molecule has 0 aromatic heterocycles. The van der Waals surface area contributed by atoms with Crippen LogP contribution >= 0.6 is 0 Å². The van der Waals surface area contributed by atoms with Gasteiger partial charge in [0.25, 0.3) is 0 Å². The van der Waals surface area contributed by atoms with Crippen molar-refractivity contribution in [2.24, 2.45) is 29.4 Å². The molecule has 0 radical (unpaired) electrons. The van der Waals surface area contributed by atoms with E-state index in [1.54, 1.807) is 14.1 Å². The number of benzene rings is 1. The molecule has 1 heterocycles. The lowest BCUT2D eigenvalue weighted by Gasteiger charge is -2.52. The molecule has 7 unspecified atom stereocenters. The number of aromatic hydroxyl groups is 1. The number of hydrogen-bond acceptors (Lipinski definition) is 10. The summed E-state index contributed by atoms with van der Waals surface area (Å²) in [7, 11) is 4.62. The van der Waals surface area contributed by atoms with E-state index in [1.807, 2.05) is 0 Å². The van der Waals surface area contributed by atoms with Crippen molar-refractivity contribution in [2.75, 3.05) is 34.3 Å². The number of nitrogens with two attached hydrogens (primary N) is 1. The van der Waals surface area contributed by atoms with Crippen LogP contribution in [-0.2, 0) is 25.6 Å². The molecule has 1 saturated heterocycles. The summed E-state index contributed by atoms with van der Waals surface area (Å²) in [6.07, 6.45) is 2.03. The lowest BCUT2D eigenvalue weighted by atomic mass is 9.52. The highest BCUT2D eigenvalue weighted by molar-refractivity contribution is 6.32. The van der Waals surface area contributed by atoms with Crippen LogP contribution in [0.2, 0.25) is 0 Å². The van der Waals surface area contributed by atoms with Crippen LogP contribution in [0.5, 0.6) is 11.5 Å². The van der Waals surface area contributed by atoms with Gasteiger partial charge < -0.3 is 20.7 Å². The van der Waals surface area contributed by atoms with E-state index in [0.717, 1.165) is 31.5 Å². The first-order chi connectivity index (χ1) is 18.4. The number of hydrogen-bond donors (Lipinski definition) is 3. The van der Waals surface area contributed by atoms with Crippen molar-refractivity contribution >= 4 is 29.0 Å². The average Bonchev–Trinajstić information content (AvgIpc) is 3.34. The predicted octanol–water partition coefficient (Wildman–Crippen LogP) is 0.0324. The standard InChI is InChI=1S/C28H35N3O8/c1-5-31-8-6-7-16(31)13-11-17(32)19-14(24(13)39-4)9-12-10-15-21(30(2)3)23(34)20(27(29)37)26(36)28(15,38)25(35)18(12)22(19)33/h11-12,15-16,18,20-21,32,38H,5-10H2,1-4H3,(H2,29,37). The van der Waals surface area contributed by atoms with Gasteiger partial charge in [0.2, 0.25) is 5.91 Å². The van der Waals surface area contributed by atoms with Gasteiger partial charge in [0, 0.05) is 23.1 Å². The lowest BCUT2D eigenvalue weighted by Crippen LogP contribution is -2.74. The molecule has 0 bridgehead atoms. The van der Waals surface area contributed by atoms with E-state index in [9.17, 15) is 34.2 Å². The van der Waals surface area contributed by atoms with Crippen molar-refractivity contribution in [1.29, 1.82) is 0 Å². The Balaban J connectivity index is 1.64. The minimum atomic E-state index is -2.73. The summed E-state index contributed by atoms with van der Waals surface area (Å²) in [6, 6.07) is 0.393. The quantitative estimate of drug-likeness (QED) is 0.433. The Kier molecular flexibility index (Phi) is 6.68. The van der Waals surface area contributed by atoms with Crippen LogP contribution in [0.15, 0.2) is 6.07 Å². The predicted molar refractivity (Wildman–Crippen MR) is 137 cm³/mol. The van der Waals surface area contributed by atoms with Crippen LogP contribution in [0, 0.1) is 23.7 Å². The van der Waals surface area contributed by atoms with Gasteiger partial charge in [0.15, 0.2) is 34.7 Å². The minimum absolute atomic E-state index is 0.00253. The van der Waals surface area contributed by atoms with Crippen LogP contribution in [0.3, 0.4) is 0 Å². The van der Waals surface area contributed by atoms with Gasteiger partial charge in [-0.1, -0.05) is 6.92 Å². The number of primary amides is 1. The van der Waals surface area contributed by atoms with Gasteiger partial charge in [-0.3, -0.25) is 33.8 Å². The molecule has 39 heavy (non-hydrogen) atoms. The van der Waals surface area contributed by atoms with Crippen molar-refractivity contribution in [3.8, 4) is 11.5 Å². The molecular weight excluding hydrogens is 506 g/mol. The number of ether oxygens (including phenoxy) is 1. The van der Waals surface area contributed by atoms with E-state index >= 15 is 0 Å². The molecule has 1 aromatic rings. The first-order valence-electron chi connectivity index (χ1n) is 13.4. The topological polar surface area (TPSA) is 168 Å². The number of methoxy groups -OCH3 is 1. The maximum atomic E-state index is 13.9. The zero-order chi connectivity index (χ0) is 28.5. The molecule has 2 saturated carbocycles. The SMILES string of the molecule is CCN1CCCC1c1cc(O)c2c(c1OC)CC1CC3C(N(C)C)C(=O)C(C(N)=O)C(=O)C3(O)C(=O)C1C2=O. The van der Waals surface area contributed by atoms with Crippen LogP contribution in [0.4, 0.5) is 0 Å². The van der Waals surface area contributed by atoms with Crippen LogP contribution in [-0.4, -0.2) is 95.0 Å². The molecule has 1 amide bonds. The van der Waals surface area contributed by atoms with E-state index in [1.165, 1.54) is 18.1 Å². The Morgan fingerprint density at radius 2 is 1.92 bits per heavy atom. The smallest absolute Gasteiger partial charge is 0.235 e. The Morgan fingerprint density at radius 1 is 1.23 bits per heavy atom. The number of ketones is 4.